The van der Waals surface area contributed by atoms with Crippen molar-refractivity contribution in [2.75, 3.05) is 26.4 Å². The molecule has 0 aliphatic rings. The van der Waals surface area contributed by atoms with Crippen LogP contribution in [0.5, 0.6) is 0 Å². The van der Waals surface area contributed by atoms with Gasteiger partial charge in [-0.05, 0) is 25.8 Å². The van der Waals surface area contributed by atoms with E-state index >= 15 is 0 Å². The van der Waals surface area contributed by atoms with Gasteiger partial charge in [0.15, 0.2) is 0 Å². The van der Waals surface area contributed by atoms with E-state index < -0.39 is 0 Å². The zero-order valence-electron chi connectivity index (χ0n) is 11.8. The molecule has 17 heavy (non-hydrogen) atoms. The first-order chi connectivity index (χ1) is 7.66. The molecule has 5 heteroatoms. The SMILES string of the molecule is CCCO.CCCO.CCCO.[CH2-]CCN.[Ti]. The van der Waals surface area contributed by atoms with E-state index in [-0.39, 0.29) is 21.7 Å². The Balaban J connectivity index is -0.0000000369. The zero-order chi connectivity index (χ0) is 13.7. The van der Waals surface area contributed by atoms with Crippen molar-refractivity contribution in [1.29, 1.82) is 0 Å². The summed E-state index contributed by atoms with van der Waals surface area (Å²) in [6.45, 7) is 10.9. The maximum atomic E-state index is 7.88. The predicted octanol–water partition coefficient (Wildman–Crippen LogP) is 1.33. The Bertz CT molecular complexity index is 45.7. The van der Waals surface area contributed by atoms with E-state index in [0.29, 0.717) is 26.4 Å². The number of aliphatic hydroxyl groups is 3. The Morgan fingerprint density at radius 2 is 0.941 bits per heavy atom. The third kappa shape index (κ3) is 169. The fraction of sp³-hybridized carbons (Fsp3) is 0.917. The van der Waals surface area contributed by atoms with Crippen LogP contribution in [-0.4, -0.2) is 41.7 Å². The molecule has 5 N–H and O–H groups in total. The molecule has 0 radical (unpaired) electrons. The Morgan fingerprint density at radius 3 is 0.941 bits per heavy atom. The smallest absolute Gasteiger partial charge is 0.0428 e. The molecule has 0 saturated heterocycles. The van der Waals surface area contributed by atoms with Crippen LogP contribution in [0.2, 0.25) is 0 Å². The minimum Gasteiger partial charge on any atom is -0.396 e. The maximum absolute atomic E-state index is 7.88. The van der Waals surface area contributed by atoms with E-state index in [0.717, 1.165) is 25.7 Å². The second-order valence-corrected chi connectivity index (χ2v) is 2.81. The van der Waals surface area contributed by atoms with Crippen LogP contribution in [0.25, 0.3) is 0 Å². The van der Waals surface area contributed by atoms with E-state index in [9.17, 15) is 0 Å². The second-order valence-electron chi connectivity index (χ2n) is 2.81. The molecule has 0 aliphatic carbocycles. The minimum atomic E-state index is 0. The first-order valence-electron chi connectivity index (χ1n) is 5.98. The van der Waals surface area contributed by atoms with Crippen molar-refractivity contribution in [2.45, 2.75) is 46.5 Å². The molecule has 0 spiro atoms. The molecule has 108 valence electrons. The third-order valence-corrected chi connectivity index (χ3v) is 0.875. The van der Waals surface area contributed by atoms with Gasteiger partial charge in [-0.1, -0.05) is 20.8 Å². The molecule has 0 aliphatic heterocycles. The first-order valence-corrected chi connectivity index (χ1v) is 5.98. The number of rotatable bonds is 4. The Kier molecular flexibility index (Phi) is 98.3. The van der Waals surface area contributed by atoms with Crippen molar-refractivity contribution < 1.29 is 37.0 Å². The summed E-state index contributed by atoms with van der Waals surface area (Å²) in [7, 11) is 0. The zero-order valence-corrected chi connectivity index (χ0v) is 13.3. The maximum Gasteiger partial charge on any atom is 0.0428 e. The number of hydrogen-bond donors (Lipinski definition) is 4. The molecular formula is C12H32NO3Ti-. The number of hydrogen-bond acceptors (Lipinski definition) is 4. The summed E-state index contributed by atoms with van der Waals surface area (Å²) >= 11 is 0. The Labute approximate surface area is 122 Å². The van der Waals surface area contributed by atoms with Gasteiger partial charge in [0.2, 0.25) is 0 Å². The molecule has 4 nitrogen and oxygen atoms in total. The van der Waals surface area contributed by atoms with Crippen LogP contribution in [0.4, 0.5) is 0 Å². The monoisotopic (exact) mass is 286 g/mol. The van der Waals surface area contributed by atoms with Gasteiger partial charge in [0.25, 0.3) is 0 Å². The van der Waals surface area contributed by atoms with E-state index in [2.05, 4.69) is 6.92 Å². The topological polar surface area (TPSA) is 86.7 Å². The van der Waals surface area contributed by atoms with Crippen LogP contribution in [0, 0.1) is 6.92 Å². The van der Waals surface area contributed by atoms with Crippen LogP contribution in [-0.2, 0) is 21.7 Å². The summed E-state index contributed by atoms with van der Waals surface area (Å²) in [5, 5.41) is 23.6. The predicted molar refractivity (Wildman–Crippen MR) is 71.2 cm³/mol. The fourth-order valence-corrected chi connectivity index (χ4v) is 0. The van der Waals surface area contributed by atoms with Crippen LogP contribution >= 0.6 is 0 Å². The number of aliphatic hydroxyl groups excluding tert-OH is 3. The van der Waals surface area contributed by atoms with Gasteiger partial charge in [0, 0.05) is 41.5 Å². The molecule has 0 aromatic carbocycles. The average molecular weight is 286 g/mol. The van der Waals surface area contributed by atoms with Gasteiger partial charge >= 0.3 is 0 Å². The summed E-state index contributed by atoms with van der Waals surface area (Å²) in [6.07, 6.45) is 3.47. The first kappa shape index (κ1) is 30.5. The average Bonchev–Trinajstić information content (AvgIpc) is 2.39. The largest absolute Gasteiger partial charge is 0.396 e. The fourth-order valence-electron chi connectivity index (χ4n) is 0. The van der Waals surface area contributed by atoms with Crippen LogP contribution in [0.15, 0.2) is 0 Å². The van der Waals surface area contributed by atoms with Gasteiger partial charge in [-0.15, -0.1) is 0 Å². The van der Waals surface area contributed by atoms with Crippen LogP contribution in [0.1, 0.15) is 46.5 Å². The molecule has 0 saturated carbocycles. The van der Waals surface area contributed by atoms with Crippen molar-refractivity contribution in [1.82, 2.24) is 0 Å². The molecule has 0 unspecified atom stereocenters. The standard InChI is InChI=1S/C3H8N.3C3H8O.Ti/c4*1-2-3-4;/h1-4H2;3*4H,2-3H2,1H3;/q-1;;;;. The molecule has 0 rings (SSSR count). The summed E-state index contributed by atoms with van der Waals surface area (Å²) in [5.74, 6) is 0. The van der Waals surface area contributed by atoms with Crippen molar-refractivity contribution in [3.05, 3.63) is 6.92 Å². The Morgan fingerprint density at radius 1 is 0.824 bits per heavy atom. The van der Waals surface area contributed by atoms with Gasteiger partial charge in [0.05, 0.1) is 0 Å². The van der Waals surface area contributed by atoms with E-state index in [4.69, 9.17) is 21.1 Å². The summed E-state index contributed by atoms with van der Waals surface area (Å²) < 4.78 is 0. The van der Waals surface area contributed by atoms with Crippen molar-refractivity contribution in [3.63, 3.8) is 0 Å². The van der Waals surface area contributed by atoms with Crippen molar-refractivity contribution >= 4 is 0 Å². The Hall–Kier alpha value is 0.554. The molecule has 0 atom stereocenters. The molecule has 0 bridgehead atoms. The van der Waals surface area contributed by atoms with Crippen LogP contribution < -0.4 is 5.73 Å². The molecule has 0 amide bonds. The molecule has 0 heterocycles. The summed E-state index contributed by atoms with van der Waals surface area (Å²) in [4.78, 5) is 0. The molecular weight excluding hydrogens is 254 g/mol. The summed E-state index contributed by atoms with van der Waals surface area (Å²) in [6, 6.07) is 0. The number of nitrogens with two attached hydrogens (primary N) is 1. The van der Waals surface area contributed by atoms with Gasteiger partial charge in [-0.3, -0.25) is 0 Å². The second kappa shape index (κ2) is 54.7. The van der Waals surface area contributed by atoms with E-state index in [1.165, 1.54) is 0 Å². The molecule has 0 fully saturated rings. The quantitative estimate of drug-likeness (QED) is 0.464. The van der Waals surface area contributed by atoms with E-state index in [1.807, 2.05) is 20.8 Å². The molecule has 0 aromatic heterocycles. The van der Waals surface area contributed by atoms with Crippen molar-refractivity contribution in [3.8, 4) is 0 Å². The van der Waals surface area contributed by atoms with Crippen molar-refractivity contribution in [2.24, 2.45) is 5.73 Å². The molecule has 0 aromatic rings. The third-order valence-electron chi connectivity index (χ3n) is 0.875. The minimum absolute atomic E-state index is 0. The van der Waals surface area contributed by atoms with Crippen LogP contribution in [0.3, 0.4) is 0 Å². The van der Waals surface area contributed by atoms with Gasteiger partial charge in [-0.25, -0.2) is 0 Å². The van der Waals surface area contributed by atoms with Gasteiger partial charge < -0.3 is 28.0 Å². The van der Waals surface area contributed by atoms with Gasteiger partial charge in [-0.2, -0.15) is 6.42 Å². The van der Waals surface area contributed by atoms with Gasteiger partial charge in [0.1, 0.15) is 0 Å². The van der Waals surface area contributed by atoms with E-state index in [1.54, 1.807) is 0 Å². The summed E-state index contributed by atoms with van der Waals surface area (Å²) in [5.41, 5.74) is 4.97. The normalized spacial score (nSPS) is 7.06.